The third-order valence-electron chi connectivity index (χ3n) is 2.89. The zero-order valence-electron chi connectivity index (χ0n) is 9.73. The number of thiazole rings is 1. The second kappa shape index (κ2) is 4.81. The number of aromatic nitrogens is 1. The number of piperazine rings is 1. The average Bonchev–Trinajstić information content (AvgIpc) is 2.62. The highest BCUT2D eigenvalue weighted by Gasteiger charge is 2.18. The number of likely N-dealkylation sites (N-methyl/N-ethyl adjacent to an activating group) is 1. The van der Waals surface area contributed by atoms with Crippen LogP contribution < -0.4 is 4.90 Å². The molecule has 0 N–H and O–H groups in total. The Labute approximate surface area is 100 Å². The maximum atomic E-state index is 8.71. The van der Waals surface area contributed by atoms with Gasteiger partial charge in [0.05, 0.1) is 18.2 Å². The first-order chi connectivity index (χ1) is 7.70. The van der Waals surface area contributed by atoms with Crippen molar-refractivity contribution < 1.29 is 0 Å². The number of anilines is 1. The topological polar surface area (TPSA) is 43.2 Å². The van der Waals surface area contributed by atoms with Gasteiger partial charge in [-0.15, -0.1) is 11.3 Å². The average molecular weight is 236 g/mol. The fourth-order valence-electron chi connectivity index (χ4n) is 1.78. The summed E-state index contributed by atoms with van der Waals surface area (Å²) in [6.07, 6.45) is 0.483. The van der Waals surface area contributed by atoms with Crippen LogP contribution in [0, 0.1) is 18.3 Å². The van der Waals surface area contributed by atoms with E-state index in [1.165, 1.54) is 0 Å². The third kappa shape index (κ3) is 2.34. The van der Waals surface area contributed by atoms with Crippen molar-refractivity contribution in [1.29, 1.82) is 5.26 Å². The van der Waals surface area contributed by atoms with E-state index in [2.05, 4.69) is 27.9 Å². The Balaban J connectivity index is 2.09. The van der Waals surface area contributed by atoms with Crippen LogP contribution in [-0.4, -0.2) is 43.1 Å². The SMILES string of the molecule is Cc1nc(N2CCN(C)CC2)sc1CC#N. The summed E-state index contributed by atoms with van der Waals surface area (Å²) in [5.41, 5.74) is 1.01. The van der Waals surface area contributed by atoms with Crippen LogP contribution in [0.2, 0.25) is 0 Å². The van der Waals surface area contributed by atoms with Crippen molar-refractivity contribution in [2.45, 2.75) is 13.3 Å². The van der Waals surface area contributed by atoms with Gasteiger partial charge in [0.2, 0.25) is 0 Å². The first kappa shape index (κ1) is 11.4. The van der Waals surface area contributed by atoms with Gasteiger partial charge in [-0.05, 0) is 14.0 Å². The molecule has 0 spiro atoms. The zero-order chi connectivity index (χ0) is 11.5. The van der Waals surface area contributed by atoms with Crippen molar-refractivity contribution in [2.24, 2.45) is 0 Å². The molecule has 1 saturated heterocycles. The predicted octanol–water partition coefficient (Wildman–Crippen LogP) is 1.27. The molecule has 86 valence electrons. The molecule has 0 aliphatic carbocycles. The molecule has 0 atom stereocenters. The fraction of sp³-hybridized carbons (Fsp3) is 0.636. The molecule has 0 aromatic carbocycles. The second-order valence-electron chi connectivity index (χ2n) is 4.13. The Bertz CT molecular complexity index is 399. The molecule has 0 bridgehead atoms. The summed E-state index contributed by atoms with van der Waals surface area (Å²) in [5.74, 6) is 0. The molecule has 2 heterocycles. The van der Waals surface area contributed by atoms with E-state index in [0.29, 0.717) is 6.42 Å². The summed E-state index contributed by atoms with van der Waals surface area (Å²) in [6, 6.07) is 2.19. The smallest absolute Gasteiger partial charge is 0.185 e. The van der Waals surface area contributed by atoms with Crippen LogP contribution in [0.3, 0.4) is 0 Å². The molecular weight excluding hydrogens is 220 g/mol. The van der Waals surface area contributed by atoms with E-state index < -0.39 is 0 Å². The number of aryl methyl sites for hydroxylation is 1. The van der Waals surface area contributed by atoms with Gasteiger partial charge in [-0.1, -0.05) is 0 Å². The van der Waals surface area contributed by atoms with Gasteiger partial charge in [0.15, 0.2) is 5.13 Å². The van der Waals surface area contributed by atoms with Crippen molar-refractivity contribution in [3.05, 3.63) is 10.6 Å². The molecule has 2 rings (SSSR count). The Kier molecular flexibility index (Phi) is 3.42. The normalized spacial score (nSPS) is 17.4. The number of nitriles is 1. The monoisotopic (exact) mass is 236 g/mol. The number of rotatable bonds is 2. The van der Waals surface area contributed by atoms with Gasteiger partial charge in [-0.25, -0.2) is 4.98 Å². The highest BCUT2D eigenvalue weighted by molar-refractivity contribution is 7.15. The van der Waals surface area contributed by atoms with E-state index in [0.717, 1.165) is 41.9 Å². The molecule has 0 radical (unpaired) electrons. The summed E-state index contributed by atoms with van der Waals surface area (Å²) < 4.78 is 0. The number of hydrogen-bond donors (Lipinski definition) is 0. The summed E-state index contributed by atoms with van der Waals surface area (Å²) in [6.45, 7) is 6.24. The molecule has 1 aromatic heterocycles. The molecule has 0 saturated carbocycles. The molecule has 0 unspecified atom stereocenters. The maximum absolute atomic E-state index is 8.71. The molecule has 1 aliphatic heterocycles. The number of hydrogen-bond acceptors (Lipinski definition) is 5. The van der Waals surface area contributed by atoms with E-state index in [1.54, 1.807) is 11.3 Å². The highest BCUT2D eigenvalue weighted by Crippen LogP contribution is 2.26. The van der Waals surface area contributed by atoms with Gasteiger partial charge in [0.25, 0.3) is 0 Å². The van der Waals surface area contributed by atoms with Crippen LogP contribution in [-0.2, 0) is 6.42 Å². The quantitative estimate of drug-likeness (QED) is 0.775. The Hall–Kier alpha value is -1.12. The van der Waals surface area contributed by atoms with E-state index >= 15 is 0 Å². The highest BCUT2D eigenvalue weighted by atomic mass is 32.1. The summed E-state index contributed by atoms with van der Waals surface area (Å²) in [7, 11) is 2.14. The van der Waals surface area contributed by atoms with E-state index in [1.807, 2.05) is 6.92 Å². The molecule has 16 heavy (non-hydrogen) atoms. The van der Waals surface area contributed by atoms with Gasteiger partial charge in [-0.2, -0.15) is 5.26 Å². The van der Waals surface area contributed by atoms with Crippen LogP contribution in [0.4, 0.5) is 5.13 Å². The van der Waals surface area contributed by atoms with Crippen molar-refractivity contribution in [3.63, 3.8) is 0 Å². The van der Waals surface area contributed by atoms with E-state index in [4.69, 9.17) is 5.26 Å². The minimum absolute atomic E-state index is 0.483. The second-order valence-corrected chi connectivity index (χ2v) is 5.19. The number of nitrogens with zero attached hydrogens (tertiary/aromatic N) is 4. The van der Waals surface area contributed by atoms with Gasteiger partial charge >= 0.3 is 0 Å². The van der Waals surface area contributed by atoms with Gasteiger partial charge in [0, 0.05) is 31.1 Å². The fourth-order valence-corrected chi connectivity index (χ4v) is 2.83. The maximum Gasteiger partial charge on any atom is 0.185 e. The van der Waals surface area contributed by atoms with Crippen molar-refractivity contribution in [3.8, 4) is 6.07 Å². The van der Waals surface area contributed by atoms with E-state index in [9.17, 15) is 0 Å². The van der Waals surface area contributed by atoms with Crippen molar-refractivity contribution in [2.75, 3.05) is 38.1 Å². The lowest BCUT2D eigenvalue weighted by Gasteiger charge is -2.32. The minimum atomic E-state index is 0.483. The van der Waals surface area contributed by atoms with E-state index in [-0.39, 0.29) is 0 Å². The van der Waals surface area contributed by atoms with Crippen LogP contribution >= 0.6 is 11.3 Å². The first-order valence-electron chi connectivity index (χ1n) is 5.47. The lowest BCUT2D eigenvalue weighted by molar-refractivity contribution is 0.312. The van der Waals surface area contributed by atoms with Crippen LogP contribution in [0.25, 0.3) is 0 Å². The van der Waals surface area contributed by atoms with Gasteiger partial charge in [-0.3, -0.25) is 0 Å². The van der Waals surface area contributed by atoms with Gasteiger partial charge < -0.3 is 9.80 Å². The van der Waals surface area contributed by atoms with Crippen LogP contribution in [0.5, 0.6) is 0 Å². The zero-order valence-corrected chi connectivity index (χ0v) is 10.5. The lowest BCUT2D eigenvalue weighted by Crippen LogP contribution is -2.44. The summed E-state index contributed by atoms with van der Waals surface area (Å²) >= 11 is 1.67. The molecule has 1 aliphatic rings. The molecule has 1 fully saturated rings. The summed E-state index contributed by atoms with van der Waals surface area (Å²) in [5, 5.41) is 9.79. The van der Waals surface area contributed by atoms with Crippen LogP contribution in [0.15, 0.2) is 0 Å². The van der Waals surface area contributed by atoms with Crippen molar-refractivity contribution >= 4 is 16.5 Å². The lowest BCUT2D eigenvalue weighted by atomic mass is 10.3. The Morgan fingerprint density at radius 1 is 1.38 bits per heavy atom. The molecule has 0 amide bonds. The standard InChI is InChI=1S/C11H16N4S/c1-9-10(3-4-12)16-11(13-9)15-7-5-14(2)6-8-15/h3,5-8H2,1-2H3. The minimum Gasteiger partial charge on any atom is -0.346 e. The molecular formula is C11H16N4S. The van der Waals surface area contributed by atoms with Gasteiger partial charge in [0.1, 0.15) is 0 Å². The summed E-state index contributed by atoms with van der Waals surface area (Å²) in [4.78, 5) is 10.3. The Morgan fingerprint density at radius 2 is 2.06 bits per heavy atom. The Morgan fingerprint density at radius 3 is 2.69 bits per heavy atom. The molecule has 5 heteroatoms. The molecule has 1 aromatic rings. The predicted molar refractivity (Wildman–Crippen MR) is 65.9 cm³/mol. The third-order valence-corrected chi connectivity index (χ3v) is 4.11. The first-order valence-corrected chi connectivity index (χ1v) is 6.29. The largest absolute Gasteiger partial charge is 0.346 e. The van der Waals surface area contributed by atoms with Crippen molar-refractivity contribution in [1.82, 2.24) is 9.88 Å². The molecule has 4 nitrogen and oxygen atoms in total. The van der Waals surface area contributed by atoms with Crippen LogP contribution in [0.1, 0.15) is 10.6 Å².